The first-order chi connectivity index (χ1) is 15.6. The van der Waals surface area contributed by atoms with Gasteiger partial charge in [0.05, 0.1) is 6.61 Å². The summed E-state index contributed by atoms with van der Waals surface area (Å²) < 4.78 is 18.5. The van der Waals surface area contributed by atoms with Crippen molar-refractivity contribution in [1.82, 2.24) is 4.90 Å². The lowest BCUT2D eigenvalue weighted by atomic mass is 9.84. The van der Waals surface area contributed by atoms with Crippen molar-refractivity contribution in [2.75, 3.05) is 33.9 Å². The van der Waals surface area contributed by atoms with E-state index in [0.717, 1.165) is 46.7 Å². The molecule has 5 rings (SSSR count). The third-order valence-corrected chi connectivity index (χ3v) is 5.90. The third-order valence-electron chi connectivity index (χ3n) is 5.90. The van der Waals surface area contributed by atoms with Crippen molar-refractivity contribution in [1.29, 1.82) is 0 Å². The van der Waals surface area contributed by atoms with Gasteiger partial charge >= 0.3 is 0 Å². The predicted octanol–water partition coefficient (Wildman–Crippen LogP) is 5.16. The zero-order valence-corrected chi connectivity index (χ0v) is 18.4. The van der Waals surface area contributed by atoms with E-state index >= 15 is 0 Å². The summed E-state index contributed by atoms with van der Waals surface area (Å²) in [6, 6.07) is 21.6. The van der Waals surface area contributed by atoms with Crippen molar-refractivity contribution >= 4 is 11.1 Å². The van der Waals surface area contributed by atoms with Crippen LogP contribution in [0.25, 0.3) is 11.1 Å². The Bertz CT molecular complexity index is 1150. The van der Waals surface area contributed by atoms with Crippen LogP contribution >= 0.6 is 0 Å². The average Bonchev–Trinajstić information content (AvgIpc) is 2.98. The van der Waals surface area contributed by atoms with E-state index in [4.69, 9.17) is 14.2 Å². The van der Waals surface area contributed by atoms with E-state index in [1.54, 1.807) is 12.1 Å². The molecule has 2 heterocycles. The number of likely N-dealkylation sites (N-methyl/N-ethyl adjacent to an activating group) is 1. The molecule has 0 radical (unpaired) electrons. The topological polar surface area (TPSA) is 51.2 Å². The molecule has 5 heteroatoms. The Hall–Kier alpha value is -3.44. The van der Waals surface area contributed by atoms with Crippen molar-refractivity contribution in [3.05, 3.63) is 83.4 Å². The standard InChI is InChI=1S/C27H27NO4/c1-28(2)14-16-30-20-10-7-18(8-11-20)27-26-22(21-5-3-4-6-24(21)32-27)13-15-31-25-17-19(29)9-12-23(25)26/h3-12,17,27,29H,13-16H2,1-2H3/t27-/m1/s1. The Morgan fingerprint density at radius 1 is 0.969 bits per heavy atom. The van der Waals surface area contributed by atoms with Crippen LogP contribution in [-0.2, 0) is 0 Å². The quantitative estimate of drug-likeness (QED) is 0.607. The Kier molecular flexibility index (Phi) is 5.50. The van der Waals surface area contributed by atoms with Gasteiger partial charge in [-0.1, -0.05) is 30.3 Å². The summed E-state index contributed by atoms with van der Waals surface area (Å²) in [4.78, 5) is 2.10. The van der Waals surface area contributed by atoms with Gasteiger partial charge in [0.25, 0.3) is 0 Å². The van der Waals surface area contributed by atoms with Gasteiger partial charge in [-0.2, -0.15) is 0 Å². The van der Waals surface area contributed by atoms with Crippen LogP contribution in [0.1, 0.15) is 29.2 Å². The zero-order chi connectivity index (χ0) is 22.1. The molecule has 0 aliphatic carbocycles. The number of rotatable bonds is 5. The van der Waals surface area contributed by atoms with Gasteiger partial charge in [-0.25, -0.2) is 0 Å². The fourth-order valence-electron chi connectivity index (χ4n) is 4.32. The highest BCUT2D eigenvalue weighted by Crippen LogP contribution is 2.51. The van der Waals surface area contributed by atoms with E-state index in [0.29, 0.717) is 19.0 Å². The number of para-hydroxylation sites is 1. The first-order valence-electron chi connectivity index (χ1n) is 10.9. The second kappa shape index (κ2) is 8.60. The van der Waals surface area contributed by atoms with E-state index in [9.17, 15) is 5.11 Å². The van der Waals surface area contributed by atoms with Crippen LogP contribution < -0.4 is 14.2 Å². The first kappa shape index (κ1) is 20.5. The molecule has 0 spiro atoms. The Balaban J connectivity index is 1.56. The number of ether oxygens (including phenoxy) is 3. The molecule has 5 nitrogen and oxygen atoms in total. The predicted molar refractivity (Wildman–Crippen MR) is 125 cm³/mol. The van der Waals surface area contributed by atoms with Crippen molar-refractivity contribution < 1.29 is 19.3 Å². The van der Waals surface area contributed by atoms with Crippen molar-refractivity contribution in [3.63, 3.8) is 0 Å². The van der Waals surface area contributed by atoms with Crippen molar-refractivity contribution in [2.24, 2.45) is 0 Å². The van der Waals surface area contributed by atoms with Gasteiger partial charge < -0.3 is 24.2 Å². The average molecular weight is 430 g/mol. The van der Waals surface area contributed by atoms with Gasteiger partial charge in [0.15, 0.2) is 0 Å². The first-order valence-corrected chi connectivity index (χ1v) is 10.9. The number of hydrogen-bond donors (Lipinski definition) is 1. The summed E-state index contributed by atoms with van der Waals surface area (Å²) in [5.74, 6) is 2.60. The molecular formula is C27H27NO4. The van der Waals surface area contributed by atoms with Crippen LogP contribution in [0.5, 0.6) is 23.0 Å². The van der Waals surface area contributed by atoms with Crippen LogP contribution in [0.2, 0.25) is 0 Å². The highest BCUT2D eigenvalue weighted by atomic mass is 16.5. The Morgan fingerprint density at radius 3 is 2.59 bits per heavy atom. The van der Waals surface area contributed by atoms with Crippen molar-refractivity contribution in [2.45, 2.75) is 12.5 Å². The Labute approximate surface area is 188 Å². The van der Waals surface area contributed by atoms with E-state index < -0.39 is 0 Å². The van der Waals surface area contributed by atoms with Crippen LogP contribution in [-0.4, -0.2) is 43.9 Å². The maximum atomic E-state index is 10.0. The zero-order valence-electron chi connectivity index (χ0n) is 18.4. The summed E-state index contributed by atoms with van der Waals surface area (Å²) in [6.45, 7) is 2.06. The number of benzene rings is 3. The van der Waals surface area contributed by atoms with Gasteiger partial charge in [0.2, 0.25) is 0 Å². The van der Waals surface area contributed by atoms with Crippen LogP contribution in [0.15, 0.2) is 66.7 Å². The molecule has 2 aliphatic rings. The maximum absolute atomic E-state index is 10.0. The summed E-state index contributed by atoms with van der Waals surface area (Å²) in [5.41, 5.74) is 5.44. The molecule has 164 valence electrons. The van der Waals surface area contributed by atoms with E-state index in [1.807, 2.05) is 50.5 Å². The van der Waals surface area contributed by atoms with E-state index in [1.165, 1.54) is 5.57 Å². The molecule has 0 fully saturated rings. The molecule has 0 saturated heterocycles. The van der Waals surface area contributed by atoms with Crippen molar-refractivity contribution in [3.8, 4) is 23.0 Å². The minimum absolute atomic E-state index is 0.195. The van der Waals surface area contributed by atoms with Gasteiger partial charge in [0, 0.05) is 35.7 Å². The molecule has 0 bridgehead atoms. The van der Waals surface area contributed by atoms with Gasteiger partial charge in [0.1, 0.15) is 35.7 Å². The molecular weight excluding hydrogens is 402 g/mol. The number of aromatic hydroxyl groups is 1. The molecule has 0 amide bonds. The second-order valence-electron chi connectivity index (χ2n) is 8.39. The summed E-state index contributed by atoms with van der Waals surface area (Å²) in [7, 11) is 4.06. The number of phenolic OH excluding ortho intramolecular Hbond substituents is 1. The van der Waals surface area contributed by atoms with E-state index in [2.05, 4.69) is 23.1 Å². The molecule has 0 aromatic heterocycles. The fourth-order valence-corrected chi connectivity index (χ4v) is 4.32. The summed E-state index contributed by atoms with van der Waals surface area (Å²) in [6.07, 6.45) is 0.494. The molecule has 0 unspecified atom stereocenters. The molecule has 0 saturated carbocycles. The lowest BCUT2D eigenvalue weighted by Gasteiger charge is -2.31. The third kappa shape index (κ3) is 3.92. The largest absolute Gasteiger partial charge is 0.508 e. The highest BCUT2D eigenvalue weighted by molar-refractivity contribution is 5.98. The van der Waals surface area contributed by atoms with Gasteiger partial charge in [-0.05, 0) is 55.6 Å². The maximum Gasteiger partial charge on any atom is 0.150 e. The van der Waals surface area contributed by atoms with E-state index in [-0.39, 0.29) is 11.9 Å². The minimum atomic E-state index is -0.277. The Morgan fingerprint density at radius 2 is 1.78 bits per heavy atom. The number of hydrogen-bond acceptors (Lipinski definition) is 5. The van der Waals surface area contributed by atoms with Crippen LogP contribution in [0, 0.1) is 0 Å². The number of fused-ring (bicyclic) bond motifs is 4. The normalized spacial score (nSPS) is 16.9. The minimum Gasteiger partial charge on any atom is -0.508 e. The number of phenols is 1. The van der Waals surface area contributed by atoms with Gasteiger partial charge in [-0.3, -0.25) is 0 Å². The smallest absolute Gasteiger partial charge is 0.150 e. The summed E-state index contributed by atoms with van der Waals surface area (Å²) in [5, 5.41) is 10.0. The second-order valence-corrected chi connectivity index (χ2v) is 8.39. The molecule has 1 atom stereocenters. The van der Waals surface area contributed by atoms with Crippen LogP contribution in [0.4, 0.5) is 0 Å². The monoisotopic (exact) mass is 429 g/mol. The molecule has 1 N–H and O–H groups in total. The number of nitrogens with zero attached hydrogens (tertiary/aromatic N) is 1. The lowest BCUT2D eigenvalue weighted by molar-refractivity contribution is 0.256. The summed E-state index contributed by atoms with van der Waals surface area (Å²) >= 11 is 0. The molecule has 3 aromatic rings. The molecule has 32 heavy (non-hydrogen) atoms. The molecule has 2 aliphatic heterocycles. The fraction of sp³-hybridized carbons (Fsp3) is 0.259. The lowest BCUT2D eigenvalue weighted by Crippen LogP contribution is -2.19. The SMILES string of the molecule is CN(C)CCOc1ccc([C@H]2Oc3ccccc3C3=C2c2ccc(O)cc2OCC3)cc1. The molecule has 3 aromatic carbocycles. The van der Waals surface area contributed by atoms with Gasteiger partial charge in [-0.15, -0.1) is 0 Å². The highest BCUT2D eigenvalue weighted by Gasteiger charge is 2.33. The van der Waals surface area contributed by atoms with Crippen LogP contribution in [0.3, 0.4) is 0 Å².